The van der Waals surface area contributed by atoms with Crippen molar-refractivity contribution < 1.29 is 22.4 Å². The molecule has 3 aromatic rings. The van der Waals surface area contributed by atoms with Crippen molar-refractivity contribution in [3.05, 3.63) is 95.8 Å². The van der Waals surface area contributed by atoms with Crippen LogP contribution in [0.1, 0.15) is 22.8 Å². The van der Waals surface area contributed by atoms with Crippen molar-refractivity contribution in [2.75, 3.05) is 11.4 Å². The molecule has 8 heteroatoms. The number of carbonyl (C=O) groups is 2. The van der Waals surface area contributed by atoms with Crippen molar-refractivity contribution in [3.8, 4) is 0 Å². The summed E-state index contributed by atoms with van der Waals surface area (Å²) in [5.41, 5.74) is 1.42. The normalized spacial score (nSPS) is 17.3. The molecular formula is C24H21FN2O4S. The van der Waals surface area contributed by atoms with E-state index in [2.05, 4.69) is 5.32 Å². The molecule has 0 unspecified atom stereocenters. The third-order valence-corrected chi connectivity index (χ3v) is 7.52. The molecule has 1 atom stereocenters. The molecule has 3 aromatic carbocycles. The number of hydrogen-bond acceptors (Lipinski definition) is 4. The fourth-order valence-electron chi connectivity index (χ4n) is 3.73. The smallest absolute Gasteiger partial charge is 0.240 e. The lowest BCUT2D eigenvalue weighted by Gasteiger charge is -2.21. The number of halogens is 1. The minimum Gasteiger partial charge on any atom is -0.350 e. The first kappa shape index (κ1) is 21.7. The molecule has 0 radical (unpaired) electrons. The van der Waals surface area contributed by atoms with Gasteiger partial charge in [-0.05, 0) is 35.4 Å². The Hall–Kier alpha value is -3.52. The molecule has 1 heterocycles. The quantitative estimate of drug-likeness (QED) is 0.643. The first-order chi connectivity index (χ1) is 15.4. The van der Waals surface area contributed by atoms with E-state index in [0.717, 1.165) is 0 Å². The zero-order valence-corrected chi connectivity index (χ0v) is 17.9. The fourth-order valence-corrected chi connectivity index (χ4v) is 5.65. The molecule has 0 aliphatic carbocycles. The lowest BCUT2D eigenvalue weighted by molar-refractivity contribution is -0.124. The van der Waals surface area contributed by atoms with Gasteiger partial charge in [0, 0.05) is 13.0 Å². The Labute approximate surface area is 185 Å². The summed E-state index contributed by atoms with van der Waals surface area (Å²) < 4.78 is 39.9. The van der Waals surface area contributed by atoms with Gasteiger partial charge in [-0.2, -0.15) is 0 Å². The SMILES string of the molecule is O=C(CN1C(=O)C[C@@H](c2ccccc2)S(=O)(=O)c2ccccc21)NCc1ccc(F)cc1. The van der Waals surface area contributed by atoms with Crippen LogP contribution in [-0.4, -0.2) is 26.8 Å². The van der Waals surface area contributed by atoms with Gasteiger partial charge in [0.1, 0.15) is 12.4 Å². The van der Waals surface area contributed by atoms with E-state index in [1.54, 1.807) is 54.6 Å². The molecule has 0 aromatic heterocycles. The second-order valence-electron chi connectivity index (χ2n) is 7.50. The Morgan fingerprint density at radius 1 is 0.969 bits per heavy atom. The first-order valence-electron chi connectivity index (χ1n) is 10.1. The number of amides is 2. The predicted octanol–water partition coefficient (Wildman–Crippen LogP) is 3.39. The lowest BCUT2D eigenvalue weighted by Crippen LogP contribution is -2.40. The lowest BCUT2D eigenvalue weighted by atomic mass is 10.1. The van der Waals surface area contributed by atoms with Crippen molar-refractivity contribution >= 4 is 27.3 Å². The first-order valence-corrected chi connectivity index (χ1v) is 11.6. The molecule has 2 amide bonds. The van der Waals surface area contributed by atoms with Crippen LogP contribution in [0.2, 0.25) is 0 Å². The number of sulfone groups is 1. The maximum absolute atomic E-state index is 13.4. The minimum atomic E-state index is -3.86. The van der Waals surface area contributed by atoms with Crippen LogP contribution in [-0.2, 0) is 26.0 Å². The molecule has 0 fully saturated rings. The van der Waals surface area contributed by atoms with Crippen LogP contribution in [0.25, 0.3) is 0 Å². The second kappa shape index (κ2) is 8.92. The maximum Gasteiger partial charge on any atom is 0.240 e. The molecular weight excluding hydrogens is 431 g/mol. The van der Waals surface area contributed by atoms with Gasteiger partial charge in [0.05, 0.1) is 15.8 Å². The number of benzene rings is 3. The number of rotatable bonds is 5. The highest BCUT2D eigenvalue weighted by Crippen LogP contribution is 2.40. The summed E-state index contributed by atoms with van der Waals surface area (Å²) in [6.45, 7) is -0.165. The largest absolute Gasteiger partial charge is 0.350 e. The highest BCUT2D eigenvalue weighted by Gasteiger charge is 2.39. The van der Waals surface area contributed by atoms with Gasteiger partial charge in [-0.15, -0.1) is 0 Å². The Kier molecular flexibility index (Phi) is 6.05. The summed E-state index contributed by atoms with van der Waals surface area (Å²) in [6, 6.07) is 20.5. The minimum absolute atomic E-state index is 0.0195. The number of para-hydroxylation sites is 1. The number of hydrogen-bond donors (Lipinski definition) is 1. The number of nitrogens with zero attached hydrogens (tertiary/aromatic N) is 1. The van der Waals surface area contributed by atoms with Gasteiger partial charge in [-0.25, -0.2) is 12.8 Å². The summed E-state index contributed by atoms with van der Waals surface area (Å²) in [5.74, 6) is -1.28. The number of fused-ring (bicyclic) bond motifs is 1. The van der Waals surface area contributed by atoms with Crippen molar-refractivity contribution in [2.24, 2.45) is 0 Å². The number of nitrogens with one attached hydrogen (secondary N) is 1. The molecule has 0 bridgehead atoms. The molecule has 6 nitrogen and oxygen atoms in total. The molecule has 1 aliphatic heterocycles. The van der Waals surface area contributed by atoms with E-state index >= 15 is 0 Å². The molecule has 164 valence electrons. The second-order valence-corrected chi connectivity index (χ2v) is 9.60. The van der Waals surface area contributed by atoms with Gasteiger partial charge in [0.25, 0.3) is 0 Å². The van der Waals surface area contributed by atoms with E-state index in [-0.39, 0.29) is 35.9 Å². The molecule has 0 spiro atoms. The van der Waals surface area contributed by atoms with E-state index in [9.17, 15) is 22.4 Å². The van der Waals surface area contributed by atoms with Crippen LogP contribution >= 0.6 is 0 Å². The summed E-state index contributed by atoms with van der Waals surface area (Å²) in [5, 5.41) is 1.66. The molecule has 0 saturated carbocycles. The van der Waals surface area contributed by atoms with Gasteiger partial charge >= 0.3 is 0 Å². The van der Waals surface area contributed by atoms with Gasteiger partial charge in [-0.3, -0.25) is 9.59 Å². The van der Waals surface area contributed by atoms with Crippen LogP contribution in [0, 0.1) is 5.82 Å². The van der Waals surface area contributed by atoms with Gasteiger partial charge in [0.2, 0.25) is 11.8 Å². The average molecular weight is 453 g/mol. The Morgan fingerprint density at radius 2 is 1.62 bits per heavy atom. The zero-order valence-electron chi connectivity index (χ0n) is 17.1. The highest BCUT2D eigenvalue weighted by molar-refractivity contribution is 7.92. The molecule has 32 heavy (non-hydrogen) atoms. The summed E-state index contributed by atoms with van der Waals surface area (Å²) in [4.78, 5) is 27.0. The molecule has 1 aliphatic rings. The van der Waals surface area contributed by atoms with E-state index in [4.69, 9.17) is 0 Å². The fraction of sp³-hybridized carbons (Fsp3) is 0.167. The standard InChI is InChI=1S/C24H21FN2O4S/c25-19-12-10-17(11-13-19)15-26-23(28)16-27-20-8-4-5-9-21(20)32(30,31)22(14-24(27)29)18-6-2-1-3-7-18/h1-13,22H,14-16H2,(H,26,28)/t22-/m0/s1. The number of carbonyl (C=O) groups excluding carboxylic acids is 2. The predicted molar refractivity (Wildman–Crippen MR) is 118 cm³/mol. The summed E-state index contributed by atoms with van der Waals surface area (Å²) in [7, 11) is -3.86. The van der Waals surface area contributed by atoms with Crippen molar-refractivity contribution in [1.29, 1.82) is 0 Å². The van der Waals surface area contributed by atoms with E-state index in [1.165, 1.54) is 29.2 Å². The topological polar surface area (TPSA) is 83.6 Å². The Balaban J connectivity index is 1.61. The zero-order chi connectivity index (χ0) is 22.7. The highest BCUT2D eigenvalue weighted by atomic mass is 32.2. The van der Waals surface area contributed by atoms with Crippen LogP contribution in [0.4, 0.5) is 10.1 Å². The van der Waals surface area contributed by atoms with Crippen LogP contribution in [0.15, 0.2) is 83.8 Å². The van der Waals surface area contributed by atoms with Gasteiger partial charge in [0.15, 0.2) is 9.84 Å². The molecule has 4 rings (SSSR count). The van der Waals surface area contributed by atoms with Gasteiger partial charge in [-0.1, -0.05) is 54.6 Å². The molecule has 1 N–H and O–H groups in total. The Bertz CT molecular complexity index is 1240. The van der Waals surface area contributed by atoms with E-state index in [1.807, 2.05) is 0 Å². The molecule has 0 saturated heterocycles. The summed E-state index contributed by atoms with van der Waals surface area (Å²) >= 11 is 0. The summed E-state index contributed by atoms with van der Waals surface area (Å²) in [6.07, 6.45) is -0.272. The van der Waals surface area contributed by atoms with Gasteiger partial charge < -0.3 is 10.2 Å². The monoisotopic (exact) mass is 452 g/mol. The van der Waals surface area contributed by atoms with E-state index < -0.39 is 26.9 Å². The third-order valence-electron chi connectivity index (χ3n) is 5.37. The maximum atomic E-state index is 13.4. The van der Waals surface area contributed by atoms with Crippen LogP contribution in [0.5, 0.6) is 0 Å². The third kappa shape index (κ3) is 4.40. The van der Waals surface area contributed by atoms with Crippen molar-refractivity contribution in [1.82, 2.24) is 5.32 Å². The van der Waals surface area contributed by atoms with Crippen molar-refractivity contribution in [3.63, 3.8) is 0 Å². The van der Waals surface area contributed by atoms with Crippen LogP contribution in [0.3, 0.4) is 0 Å². The average Bonchev–Trinajstić information content (AvgIpc) is 2.88. The number of anilines is 1. The Morgan fingerprint density at radius 3 is 2.34 bits per heavy atom. The van der Waals surface area contributed by atoms with Crippen LogP contribution < -0.4 is 10.2 Å². The van der Waals surface area contributed by atoms with Crippen molar-refractivity contribution in [2.45, 2.75) is 23.1 Å². The van der Waals surface area contributed by atoms with E-state index in [0.29, 0.717) is 11.1 Å².